The lowest BCUT2D eigenvalue weighted by Crippen LogP contribution is -2.34. The number of thiocarbonyl (C=S) groups is 1. The molecule has 0 spiro atoms. The Morgan fingerprint density at radius 3 is 2.08 bits per heavy atom. The highest BCUT2D eigenvalue weighted by Gasteiger charge is 2.10. The zero-order valence-corrected chi connectivity index (χ0v) is 15.0. The number of carbonyl (C=O) groups excluding carboxylic acids is 3. The molecule has 0 heterocycles. The summed E-state index contributed by atoms with van der Waals surface area (Å²) in [6, 6.07) is 12.9. The van der Waals surface area contributed by atoms with Gasteiger partial charge in [0.2, 0.25) is 5.91 Å². The first kappa shape index (κ1) is 19.1. The largest absolute Gasteiger partial charge is 0.465 e. The first-order valence-electron chi connectivity index (χ1n) is 7.57. The summed E-state index contributed by atoms with van der Waals surface area (Å²) >= 11 is 5.12. The molecule has 0 saturated heterocycles. The number of esters is 1. The van der Waals surface area contributed by atoms with E-state index in [2.05, 4.69) is 20.7 Å². The molecule has 0 unspecified atom stereocenters. The highest BCUT2D eigenvalue weighted by molar-refractivity contribution is 7.80. The summed E-state index contributed by atoms with van der Waals surface area (Å²) in [5, 5.41) is 8.18. The van der Waals surface area contributed by atoms with E-state index in [0.717, 1.165) is 0 Å². The number of carbonyl (C=O) groups is 3. The fourth-order valence-electron chi connectivity index (χ4n) is 2.09. The second-order valence-electron chi connectivity index (χ2n) is 5.24. The van der Waals surface area contributed by atoms with E-state index in [4.69, 9.17) is 12.2 Å². The topological polar surface area (TPSA) is 96.5 Å². The van der Waals surface area contributed by atoms with Crippen LogP contribution in [-0.4, -0.2) is 30.0 Å². The predicted molar refractivity (Wildman–Crippen MR) is 102 cm³/mol. The molecule has 0 fully saturated rings. The van der Waals surface area contributed by atoms with E-state index in [-0.39, 0.29) is 11.0 Å². The Hall–Kier alpha value is -3.26. The Morgan fingerprint density at radius 2 is 1.50 bits per heavy atom. The van der Waals surface area contributed by atoms with Gasteiger partial charge in [0.1, 0.15) is 0 Å². The second kappa shape index (κ2) is 8.72. The Labute approximate surface area is 155 Å². The van der Waals surface area contributed by atoms with Crippen LogP contribution in [0.5, 0.6) is 0 Å². The minimum Gasteiger partial charge on any atom is -0.465 e. The number of anilines is 2. The van der Waals surface area contributed by atoms with E-state index in [1.165, 1.54) is 38.3 Å². The fourth-order valence-corrected chi connectivity index (χ4v) is 2.30. The molecule has 0 saturated carbocycles. The Balaban J connectivity index is 1.98. The SMILES string of the molecule is COC(=O)c1ccc(C(=O)NC(=S)Nc2cccc(NC(C)=O)c2)cc1. The Bertz CT molecular complexity index is 850. The van der Waals surface area contributed by atoms with Crippen LogP contribution in [0.2, 0.25) is 0 Å². The van der Waals surface area contributed by atoms with Gasteiger partial charge in [-0.15, -0.1) is 0 Å². The van der Waals surface area contributed by atoms with Gasteiger partial charge in [-0.3, -0.25) is 14.9 Å². The van der Waals surface area contributed by atoms with E-state index in [0.29, 0.717) is 22.5 Å². The van der Waals surface area contributed by atoms with Gasteiger partial charge < -0.3 is 15.4 Å². The zero-order valence-electron chi connectivity index (χ0n) is 14.2. The quantitative estimate of drug-likeness (QED) is 0.565. The van der Waals surface area contributed by atoms with E-state index < -0.39 is 11.9 Å². The number of hydrogen-bond acceptors (Lipinski definition) is 5. The predicted octanol–water partition coefficient (Wildman–Crippen LogP) is 2.56. The van der Waals surface area contributed by atoms with Gasteiger partial charge in [-0.2, -0.15) is 0 Å². The number of amides is 2. The number of rotatable bonds is 4. The van der Waals surface area contributed by atoms with Crippen LogP contribution in [0.3, 0.4) is 0 Å². The molecule has 26 heavy (non-hydrogen) atoms. The van der Waals surface area contributed by atoms with Gasteiger partial charge in [-0.1, -0.05) is 6.07 Å². The molecule has 0 aliphatic carbocycles. The molecule has 0 aliphatic rings. The van der Waals surface area contributed by atoms with Crippen molar-refractivity contribution in [3.63, 3.8) is 0 Å². The molecule has 8 heteroatoms. The minimum absolute atomic E-state index is 0.104. The third-order valence-corrected chi connectivity index (χ3v) is 3.44. The molecular weight excluding hydrogens is 354 g/mol. The lowest BCUT2D eigenvalue weighted by atomic mass is 10.1. The molecule has 2 amide bonds. The van der Waals surface area contributed by atoms with Crippen molar-refractivity contribution in [2.45, 2.75) is 6.92 Å². The lowest BCUT2D eigenvalue weighted by molar-refractivity contribution is -0.114. The summed E-state index contributed by atoms with van der Waals surface area (Å²) in [7, 11) is 1.29. The van der Waals surface area contributed by atoms with Crippen LogP contribution in [0.1, 0.15) is 27.6 Å². The van der Waals surface area contributed by atoms with Crippen LogP contribution < -0.4 is 16.0 Å². The van der Waals surface area contributed by atoms with Crippen molar-refractivity contribution in [3.05, 3.63) is 59.7 Å². The zero-order chi connectivity index (χ0) is 19.1. The maximum Gasteiger partial charge on any atom is 0.337 e. The summed E-state index contributed by atoms with van der Waals surface area (Å²) < 4.78 is 4.60. The van der Waals surface area contributed by atoms with Gasteiger partial charge in [0, 0.05) is 23.9 Å². The van der Waals surface area contributed by atoms with E-state index in [1.807, 2.05) is 0 Å². The van der Waals surface area contributed by atoms with Gasteiger partial charge >= 0.3 is 5.97 Å². The van der Waals surface area contributed by atoms with Crippen LogP contribution in [0.25, 0.3) is 0 Å². The van der Waals surface area contributed by atoms with Crippen LogP contribution in [0.15, 0.2) is 48.5 Å². The second-order valence-corrected chi connectivity index (χ2v) is 5.65. The van der Waals surface area contributed by atoms with E-state index >= 15 is 0 Å². The third kappa shape index (κ3) is 5.38. The van der Waals surface area contributed by atoms with Gasteiger partial charge in [0.25, 0.3) is 5.91 Å². The number of benzene rings is 2. The molecule has 0 aliphatic heterocycles. The fraction of sp³-hybridized carbons (Fsp3) is 0.111. The van der Waals surface area contributed by atoms with Crippen LogP contribution in [-0.2, 0) is 9.53 Å². The lowest BCUT2D eigenvalue weighted by Gasteiger charge is -2.11. The standard InChI is InChI=1S/C18H17N3O4S/c1-11(22)19-14-4-3-5-15(10-14)20-18(26)21-16(23)12-6-8-13(9-7-12)17(24)25-2/h3-10H,1-2H3,(H,19,22)(H2,20,21,23,26). The smallest absolute Gasteiger partial charge is 0.337 e. The van der Waals surface area contributed by atoms with Gasteiger partial charge in [-0.05, 0) is 54.7 Å². The molecule has 2 aromatic rings. The number of nitrogens with one attached hydrogen (secondary N) is 3. The minimum atomic E-state index is -0.479. The molecule has 2 aromatic carbocycles. The number of ether oxygens (including phenoxy) is 1. The highest BCUT2D eigenvalue weighted by Crippen LogP contribution is 2.15. The summed E-state index contributed by atoms with van der Waals surface area (Å²) in [6.45, 7) is 1.41. The first-order valence-corrected chi connectivity index (χ1v) is 7.98. The number of hydrogen-bond donors (Lipinski definition) is 3. The third-order valence-electron chi connectivity index (χ3n) is 3.24. The van der Waals surface area contributed by atoms with Crippen molar-refractivity contribution in [1.82, 2.24) is 5.32 Å². The normalized spacial score (nSPS) is 9.77. The summed E-state index contributed by atoms with van der Waals surface area (Å²) in [5.74, 6) is -1.08. The molecule has 0 atom stereocenters. The van der Waals surface area contributed by atoms with E-state index in [9.17, 15) is 14.4 Å². The molecule has 2 rings (SSSR count). The van der Waals surface area contributed by atoms with Crippen molar-refractivity contribution in [3.8, 4) is 0 Å². The molecule has 0 bridgehead atoms. The van der Waals surface area contributed by atoms with E-state index in [1.54, 1.807) is 24.3 Å². The van der Waals surface area contributed by atoms with Crippen molar-refractivity contribution < 1.29 is 19.1 Å². The molecule has 0 radical (unpaired) electrons. The first-order chi connectivity index (χ1) is 12.4. The van der Waals surface area contributed by atoms with Crippen molar-refractivity contribution in [1.29, 1.82) is 0 Å². The molecule has 3 N–H and O–H groups in total. The van der Waals surface area contributed by atoms with Gasteiger partial charge in [-0.25, -0.2) is 4.79 Å². The van der Waals surface area contributed by atoms with Crippen molar-refractivity contribution in [2.24, 2.45) is 0 Å². The van der Waals surface area contributed by atoms with Crippen LogP contribution >= 0.6 is 12.2 Å². The average Bonchev–Trinajstić information content (AvgIpc) is 2.60. The monoisotopic (exact) mass is 371 g/mol. The maximum absolute atomic E-state index is 12.2. The Kier molecular flexibility index (Phi) is 6.40. The van der Waals surface area contributed by atoms with Gasteiger partial charge in [0.05, 0.1) is 12.7 Å². The average molecular weight is 371 g/mol. The molecule has 7 nitrogen and oxygen atoms in total. The van der Waals surface area contributed by atoms with Crippen molar-refractivity contribution in [2.75, 3.05) is 17.7 Å². The maximum atomic E-state index is 12.2. The van der Waals surface area contributed by atoms with Crippen LogP contribution in [0.4, 0.5) is 11.4 Å². The summed E-state index contributed by atoms with van der Waals surface area (Å²) in [4.78, 5) is 34.7. The summed E-state index contributed by atoms with van der Waals surface area (Å²) in [5.41, 5.74) is 1.91. The highest BCUT2D eigenvalue weighted by atomic mass is 32.1. The Morgan fingerprint density at radius 1 is 0.923 bits per heavy atom. The van der Waals surface area contributed by atoms with Gasteiger partial charge in [0.15, 0.2) is 5.11 Å². The number of methoxy groups -OCH3 is 1. The van der Waals surface area contributed by atoms with Crippen LogP contribution in [0, 0.1) is 0 Å². The van der Waals surface area contributed by atoms with Crippen molar-refractivity contribution >= 4 is 46.5 Å². The molecule has 0 aromatic heterocycles. The summed E-state index contributed by atoms with van der Waals surface area (Å²) in [6.07, 6.45) is 0. The molecule has 134 valence electrons. The molecular formula is C18H17N3O4S.